The second-order valence-electron chi connectivity index (χ2n) is 4.86. The van der Waals surface area contributed by atoms with Gasteiger partial charge in [-0.25, -0.2) is 4.68 Å². The van der Waals surface area contributed by atoms with Crippen molar-refractivity contribution in [3.8, 4) is 0 Å². The normalized spacial score (nSPS) is 19.5. The summed E-state index contributed by atoms with van der Waals surface area (Å²) in [5.74, 6) is -0.716. The van der Waals surface area contributed by atoms with Gasteiger partial charge < -0.3 is 15.8 Å². The van der Waals surface area contributed by atoms with Gasteiger partial charge in [-0.2, -0.15) is 18.3 Å². The van der Waals surface area contributed by atoms with E-state index in [0.29, 0.717) is 6.61 Å². The van der Waals surface area contributed by atoms with E-state index in [2.05, 4.69) is 10.4 Å². The Hall–Kier alpha value is -1.77. The number of carbonyl (C=O) groups is 1. The third kappa shape index (κ3) is 4.35. The van der Waals surface area contributed by atoms with Crippen LogP contribution in [0.1, 0.15) is 42.4 Å². The third-order valence-corrected chi connectivity index (χ3v) is 3.12. The standard InChI is InChI=1S/C12H17F3N4O2/c13-12(14,15)4-5-17-11(20)10-8(16)7-19(18-10)9-3-1-2-6-21-9/h7,9H,1-6,16H2,(H,17,20). The van der Waals surface area contributed by atoms with Crippen LogP contribution in [-0.2, 0) is 4.74 Å². The lowest BCUT2D eigenvalue weighted by Gasteiger charge is -2.22. The molecule has 2 heterocycles. The van der Waals surface area contributed by atoms with Crippen LogP contribution in [0.4, 0.5) is 18.9 Å². The molecule has 1 saturated heterocycles. The number of alkyl halides is 3. The molecule has 21 heavy (non-hydrogen) atoms. The molecule has 0 bridgehead atoms. The van der Waals surface area contributed by atoms with Crippen LogP contribution in [-0.4, -0.2) is 35.0 Å². The molecule has 1 fully saturated rings. The van der Waals surface area contributed by atoms with Gasteiger partial charge in [0.05, 0.1) is 18.3 Å². The molecule has 1 aliphatic rings. The number of nitrogens with zero attached hydrogens (tertiary/aromatic N) is 2. The van der Waals surface area contributed by atoms with Crippen molar-refractivity contribution in [3.05, 3.63) is 11.9 Å². The second-order valence-corrected chi connectivity index (χ2v) is 4.86. The first-order valence-corrected chi connectivity index (χ1v) is 6.68. The highest BCUT2D eigenvalue weighted by Gasteiger charge is 2.27. The minimum atomic E-state index is -4.31. The van der Waals surface area contributed by atoms with E-state index in [1.165, 1.54) is 10.9 Å². The predicted molar refractivity (Wildman–Crippen MR) is 68.5 cm³/mol. The van der Waals surface area contributed by atoms with Gasteiger partial charge in [0, 0.05) is 13.2 Å². The molecule has 0 aromatic carbocycles. The Morgan fingerprint density at radius 1 is 1.52 bits per heavy atom. The molecule has 0 aliphatic carbocycles. The maximum absolute atomic E-state index is 12.0. The number of ether oxygens (including phenoxy) is 1. The van der Waals surface area contributed by atoms with Crippen LogP contribution in [0.25, 0.3) is 0 Å². The number of nitrogen functional groups attached to an aromatic ring is 1. The Bertz CT molecular complexity index is 495. The van der Waals surface area contributed by atoms with Crippen LogP contribution in [0.3, 0.4) is 0 Å². The van der Waals surface area contributed by atoms with E-state index in [9.17, 15) is 18.0 Å². The summed E-state index contributed by atoms with van der Waals surface area (Å²) < 4.78 is 43.0. The van der Waals surface area contributed by atoms with Crippen molar-refractivity contribution in [1.29, 1.82) is 0 Å². The Balaban J connectivity index is 1.96. The number of amides is 1. The number of nitrogens with one attached hydrogen (secondary N) is 1. The molecule has 0 saturated carbocycles. The van der Waals surface area contributed by atoms with Crippen molar-refractivity contribution in [2.45, 2.75) is 38.1 Å². The fourth-order valence-electron chi connectivity index (χ4n) is 2.06. The first kappa shape index (κ1) is 15.6. The molecule has 9 heteroatoms. The fraction of sp³-hybridized carbons (Fsp3) is 0.667. The molecule has 1 unspecified atom stereocenters. The number of anilines is 1. The highest BCUT2D eigenvalue weighted by Crippen LogP contribution is 2.24. The van der Waals surface area contributed by atoms with Crippen LogP contribution in [0.15, 0.2) is 6.20 Å². The molecule has 0 radical (unpaired) electrons. The van der Waals surface area contributed by atoms with E-state index >= 15 is 0 Å². The van der Waals surface area contributed by atoms with Crippen molar-refractivity contribution in [3.63, 3.8) is 0 Å². The molecular weight excluding hydrogens is 289 g/mol. The monoisotopic (exact) mass is 306 g/mol. The molecule has 6 nitrogen and oxygen atoms in total. The molecule has 1 aliphatic heterocycles. The third-order valence-electron chi connectivity index (χ3n) is 3.12. The molecule has 2 rings (SSSR count). The largest absolute Gasteiger partial charge is 0.396 e. The smallest absolute Gasteiger partial charge is 0.390 e. The van der Waals surface area contributed by atoms with Gasteiger partial charge in [0.1, 0.15) is 6.23 Å². The van der Waals surface area contributed by atoms with Crippen LogP contribution in [0.2, 0.25) is 0 Å². The number of aromatic nitrogens is 2. The van der Waals surface area contributed by atoms with Gasteiger partial charge in [-0.15, -0.1) is 0 Å². The van der Waals surface area contributed by atoms with Crippen LogP contribution in [0, 0.1) is 0 Å². The molecule has 3 N–H and O–H groups in total. The first-order chi connectivity index (χ1) is 9.87. The zero-order valence-electron chi connectivity index (χ0n) is 11.3. The summed E-state index contributed by atoms with van der Waals surface area (Å²) in [6, 6.07) is 0. The summed E-state index contributed by atoms with van der Waals surface area (Å²) >= 11 is 0. The average molecular weight is 306 g/mol. The van der Waals surface area contributed by atoms with Crippen molar-refractivity contribution >= 4 is 11.6 Å². The molecule has 0 spiro atoms. The van der Waals surface area contributed by atoms with Gasteiger partial charge in [-0.05, 0) is 19.3 Å². The lowest BCUT2D eigenvalue weighted by Crippen LogP contribution is -2.29. The maximum Gasteiger partial charge on any atom is 0.390 e. The highest BCUT2D eigenvalue weighted by molar-refractivity contribution is 5.96. The quantitative estimate of drug-likeness (QED) is 0.889. The van der Waals surface area contributed by atoms with E-state index in [1.807, 2.05) is 0 Å². The Kier molecular flexibility index (Phi) is 4.71. The van der Waals surface area contributed by atoms with Crippen molar-refractivity contribution in [2.24, 2.45) is 0 Å². The minimum absolute atomic E-state index is 0.0775. The molecular formula is C12H17F3N4O2. The summed E-state index contributed by atoms with van der Waals surface area (Å²) in [7, 11) is 0. The van der Waals surface area contributed by atoms with E-state index in [-0.39, 0.29) is 17.6 Å². The van der Waals surface area contributed by atoms with Gasteiger partial charge in [0.15, 0.2) is 5.69 Å². The van der Waals surface area contributed by atoms with Gasteiger partial charge in [-0.3, -0.25) is 4.79 Å². The summed E-state index contributed by atoms with van der Waals surface area (Å²) in [4.78, 5) is 11.8. The fourth-order valence-corrected chi connectivity index (χ4v) is 2.06. The predicted octanol–water partition coefficient (Wildman–Crippen LogP) is 1.85. The summed E-state index contributed by atoms with van der Waals surface area (Å²) in [5, 5.41) is 6.18. The van der Waals surface area contributed by atoms with Crippen molar-refractivity contribution in [2.75, 3.05) is 18.9 Å². The maximum atomic E-state index is 12.0. The Morgan fingerprint density at radius 3 is 2.90 bits per heavy atom. The highest BCUT2D eigenvalue weighted by atomic mass is 19.4. The SMILES string of the molecule is Nc1cn(C2CCCCO2)nc1C(=O)NCCC(F)(F)F. The molecule has 1 aromatic rings. The van der Waals surface area contributed by atoms with Crippen molar-refractivity contribution < 1.29 is 22.7 Å². The van der Waals surface area contributed by atoms with E-state index in [4.69, 9.17) is 10.5 Å². The lowest BCUT2D eigenvalue weighted by molar-refractivity contribution is -0.132. The number of halogens is 3. The first-order valence-electron chi connectivity index (χ1n) is 6.68. The van der Waals surface area contributed by atoms with Gasteiger partial charge >= 0.3 is 6.18 Å². The molecule has 1 atom stereocenters. The van der Waals surface area contributed by atoms with Crippen LogP contribution >= 0.6 is 0 Å². The van der Waals surface area contributed by atoms with Gasteiger partial charge in [0.25, 0.3) is 5.91 Å². The van der Waals surface area contributed by atoms with Crippen LogP contribution in [0.5, 0.6) is 0 Å². The zero-order chi connectivity index (χ0) is 15.5. The number of nitrogens with two attached hydrogens (primary N) is 1. The van der Waals surface area contributed by atoms with Gasteiger partial charge in [0.2, 0.25) is 0 Å². The van der Waals surface area contributed by atoms with E-state index in [1.54, 1.807) is 0 Å². The number of hydrogen-bond donors (Lipinski definition) is 2. The summed E-state index contributed by atoms with van der Waals surface area (Å²) in [6.07, 6.45) is -1.50. The number of rotatable bonds is 4. The molecule has 1 aromatic heterocycles. The summed E-state index contributed by atoms with van der Waals surface area (Å²) in [6.45, 7) is 0.103. The zero-order valence-corrected chi connectivity index (χ0v) is 11.3. The van der Waals surface area contributed by atoms with E-state index < -0.39 is 25.0 Å². The molecule has 118 valence electrons. The topological polar surface area (TPSA) is 82.2 Å². The Labute approximate surface area is 119 Å². The van der Waals surface area contributed by atoms with Gasteiger partial charge in [-0.1, -0.05) is 0 Å². The number of hydrogen-bond acceptors (Lipinski definition) is 4. The Morgan fingerprint density at radius 2 is 2.29 bits per heavy atom. The van der Waals surface area contributed by atoms with Crippen LogP contribution < -0.4 is 11.1 Å². The second kappa shape index (κ2) is 6.33. The average Bonchev–Trinajstić information content (AvgIpc) is 2.80. The number of carbonyl (C=O) groups excluding carboxylic acids is 1. The lowest BCUT2D eigenvalue weighted by atomic mass is 10.2. The minimum Gasteiger partial charge on any atom is -0.396 e. The van der Waals surface area contributed by atoms with E-state index in [0.717, 1.165) is 19.3 Å². The van der Waals surface area contributed by atoms with Crippen molar-refractivity contribution in [1.82, 2.24) is 15.1 Å². The summed E-state index contributed by atoms with van der Waals surface area (Å²) in [5.41, 5.74) is 5.73. The molecule has 1 amide bonds.